The van der Waals surface area contributed by atoms with Crippen LogP contribution in [0.15, 0.2) is 135 Å². The van der Waals surface area contributed by atoms with Crippen LogP contribution in [-0.4, -0.2) is 20.6 Å². The largest absolute Gasteiger partial charge is 0.318 e. The van der Waals surface area contributed by atoms with Crippen molar-refractivity contribution in [2.75, 3.05) is 4.90 Å². The summed E-state index contributed by atoms with van der Waals surface area (Å²) < 4.78 is 3.23. The van der Waals surface area contributed by atoms with Crippen molar-refractivity contribution in [1.82, 2.24) is 4.57 Å². The average molecular weight is 519 g/mol. The molecule has 1 aromatic heterocycles. The van der Waals surface area contributed by atoms with Crippen LogP contribution in [0.2, 0.25) is 0 Å². The second-order valence-corrected chi connectivity index (χ2v) is 10.2. The summed E-state index contributed by atoms with van der Waals surface area (Å²) >= 11 is 3.08. The Morgan fingerprint density at radius 3 is 1.89 bits per heavy atom. The third-order valence-corrected chi connectivity index (χ3v) is 7.73. The first-order chi connectivity index (χ1) is 18.3. The SMILES string of the molecule is Cn1/c(=N\N=C2\SC(=Nc3ccccc3)C(=Nc3ccccc3)N2c2ccccc2)sc2ccccc21. The van der Waals surface area contributed by atoms with Gasteiger partial charge in [-0.15, -0.1) is 10.2 Å². The molecule has 0 atom stereocenters. The number of thioether (sulfide) groups is 1. The molecule has 6 rings (SSSR count). The fourth-order valence-electron chi connectivity index (χ4n) is 3.92. The van der Waals surface area contributed by atoms with Crippen molar-refractivity contribution in [2.24, 2.45) is 27.2 Å². The molecule has 180 valence electrons. The van der Waals surface area contributed by atoms with E-state index in [0.717, 1.165) is 32.4 Å². The van der Waals surface area contributed by atoms with E-state index in [2.05, 4.69) is 21.8 Å². The second kappa shape index (κ2) is 10.4. The molecule has 0 saturated carbocycles. The van der Waals surface area contributed by atoms with Crippen LogP contribution in [-0.2, 0) is 7.05 Å². The highest BCUT2D eigenvalue weighted by atomic mass is 32.2. The molecular weight excluding hydrogens is 496 g/mol. The van der Waals surface area contributed by atoms with Crippen LogP contribution in [0.25, 0.3) is 10.2 Å². The summed E-state index contributed by atoms with van der Waals surface area (Å²) in [5.74, 6) is 0.709. The van der Waals surface area contributed by atoms with Gasteiger partial charge in [0.2, 0.25) is 9.97 Å². The van der Waals surface area contributed by atoms with Gasteiger partial charge < -0.3 is 4.57 Å². The maximum absolute atomic E-state index is 5.02. The highest BCUT2D eigenvalue weighted by Gasteiger charge is 2.35. The first-order valence-corrected chi connectivity index (χ1v) is 13.4. The molecule has 1 aliphatic heterocycles. The zero-order valence-corrected chi connectivity index (χ0v) is 21.6. The Labute approximate surface area is 222 Å². The molecule has 1 fully saturated rings. The minimum absolute atomic E-state index is 0.688. The molecule has 4 aromatic carbocycles. The summed E-state index contributed by atoms with van der Waals surface area (Å²) in [5.41, 5.74) is 3.77. The predicted octanol–water partition coefficient (Wildman–Crippen LogP) is 7.13. The van der Waals surface area contributed by atoms with Gasteiger partial charge in [-0.1, -0.05) is 78.1 Å². The molecule has 5 aromatic rings. The minimum Gasteiger partial charge on any atom is -0.318 e. The number of aryl methyl sites for hydroxylation is 1. The number of para-hydroxylation sites is 4. The molecular formula is C29H22N6S2. The van der Waals surface area contributed by atoms with E-state index in [-0.39, 0.29) is 0 Å². The number of amidine groups is 2. The van der Waals surface area contributed by atoms with Crippen LogP contribution in [0.4, 0.5) is 17.1 Å². The van der Waals surface area contributed by atoms with Gasteiger partial charge in [0.25, 0.3) is 0 Å². The van der Waals surface area contributed by atoms with Crippen molar-refractivity contribution in [3.8, 4) is 0 Å². The Morgan fingerprint density at radius 2 is 1.22 bits per heavy atom. The molecule has 0 N–H and O–H groups in total. The molecule has 0 unspecified atom stereocenters. The highest BCUT2D eigenvalue weighted by Crippen LogP contribution is 2.33. The van der Waals surface area contributed by atoms with E-state index >= 15 is 0 Å². The van der Waals surface area contributed by atoms with Crippen molar-refractivity contribution < 1.29 is 0 Å². The Balaban J connectivity index is 1.53. The average Bonchev–Trinajstić information content (AvgIpc) is 3.45. The predicted molar refractivity (Wildman–Crippen MR) is 157 cm³/mol. The summed E-state index contributed by atoms with van der Waals surface area (Å²) in [4.78, 5) is 12.8. The summed E-state index contributed by atoms with van der Waals surface area (Å²) in [6, 6.07) is 38.2. The number of fused-ring (bicyclic) bond motifs is 1. The van der Waals surface area contributed by atoms with Crippen LogP contribution in [0, 0.1) is 0 Å². The third-order valence-electron chi connectivity index (χ3n) is 5.71. The first-order valence-electron chi connectivity index (χ1n) is 11.7. The fraction of sp³-hybridized carbons (Fsp3) is 0.0345. The van der Waals surface area contributed by atoms with Crippen LogP contribution in [0.1, 0.15) is 0 Å². The minimum atomic E-state index is 0.688. The van der Waals surface area contributed by atoms with Crippen molar-refractivity contribution in [3.05, 3.63) is 120 Å². The molecule has 6 nitrogen and oxygen atoms in total. The molecule has 8 heteroatoms. The number of hydrogen-bond donors (Lipinski definition) is 0. The summed E-state index contributed by atoms with van der Waals surface area (Å²) in [7, 11) is 2.01. The highest BCUT2D eigenvalue weighted by molar-refractivity contribution is 8.29. The second-order valence-electron chi connectivity index (χ2n) is 8.19. The van der Waals surface area contributed by atoms with Crippen molar-refractivity contribution in [3.63, 3.8) is 0 Å². The molecule has 0 amide bonds. The molecule has 0 bridgehead atoms. The Bertz CT molecular complexity index is 1700. The van der Waals surface area contributed by atoms with E-state index in [1.54, 1.807) is 11.3 Å². The first kappa shape index (κ1) is 23.1. The molecule has 37 heavy (non-hydrogen) atoms. The summed E-state index contributed by atoms with van der Waals surface area (Å²) in [5, 5.41) is 10.9. The molecule has 1 saturated heterocycles. The zero-order valence-electron chi connectivity index (χ0n) is 20.0. The quantitative estimate of drug-likeness (QED) is 0.238. The fourth-order valence-corrected chi connectivity index (χ4v) is 5.80. The van der Waals surface area contributed by atoms with Crippen LogP contribution in [0.5, 0.6) is 0 Å². The lowest BCUT2D eigenvalue weighted by molar-refractivity contribution is 0.888. The van der Waals surface area contributed by atoms with Crippen molar-refractivity contribution >= 4 is 66.4 Å². The van der Waals surface area contributed by atoms with E-state index in [4.69, 9.17) is 15.1 Å². The monoisotopic (exact) mass is 518 g/mol. The molecule has 0 radical (unpaired) electrons. The smallest absolute Gasteiger partial charge is 0.211 e. The standard InChI is InChI=1S/C29H22N6S2/c1-34-24-19-11-12-20-25(24)36-28(34)32-33-29-35(23-17-9-4-10-18-23)26(30-21-13-5-2-6-14-21)27(37-29)31-22-15-7-3-8-16-22/h2-20H,1H3/b30-26?,31-27?,32-28+,33-29+. The van der Waals surface area contributed by atoms with Crippen LogP contribution < -0.4 is 9.70 Å². The number of aromatic nitrogens is 1. The lowest BCUT2D eigenvalue weighted by atomic mass is 10.3. The van der Waals surface area contributed by atoms with Gasteiger partial charge in [-0.25, -0.2) is 9.98 Å². The maximum Gasteiger partial charge on any atom is 0.211 e. The van der Waals surface area contributed by atoms with Crippen LogP contribution >= 0.6 is 23.1 Å². The number of hydrogen-bond acceptors (Lipinski definition) is 6. The number of benzene rings is 4. The Kier molecular flexibility index (Phi) is 6.49. The topological polar surface area (TPSA) is 57.6 Å². The van der Waals surface area contributed by atoms with Gasteiger partial charge in [-0.3, -0.25) is 4.90 Å². The molecule has 2 heterocycles. The van der Waals surface area contributed by atoms with Gasteiger partial charge in [0.15, 0.2) is 5.84 Å². The number of rotatable bonds is 4. The lowest BCUT2D eigenvalue weighted by Gasteiger charge is -2.17. The van der Waals surface area contributed by atoms with E-state index in [0.29, 0.717) is 11.0 Å². The van der Waals surface area contributed by atoms with Crippen LogP contribution in [0.3, 0.4) is 0 Å². The van der Waals surface area contributed by atoms with Gasteiger partial charge in [-0.05, 0) is 60.3 Å². The third kappa shape index (κ3) is 4.89. The van der Waals surface area contributed by atoms with E-state index in [9.17, 15) is 0 Å². The summed E-state index contributed by atoms with van der Waals surface area (Å²) in [6.45, 7) is 0. The molecule has 0 aliphatic carbocycles. The number of aliphatic imine (C=N–C) groups is 2. The molecule has 0 spiro atoms. The Morgan fingerprint density at radius 1 is 0.622 bits per heavy atom. The normalized spacial score (nSPS) is 17.5. The van der Waals surface area contributed by atoms with Gasteiger partial charge in [0.05, 0.1) is 21.6 Å². The van der Waals surface area contributed by atoms with Gasteiger partial charge in [-0.2, -0.15) is 0 Å². The Hall–Kier alpha value is -4.27. The summed E-state index contributed by atoms with van der Waals surface area (Å²) in [6.07, 6.45) is 0. The van der Waals surface area contributed by atoms with E-state index in [1.807, 2.05) is 115 Å². The van der Waals surface area contributed by atoms with Gasteiger partial charge >= 0.3 is 0 Å². The van der Waals surface area contributed by atoms with E-state index in [1.165, 1.54) is 16.5 Å². The van der Waals surface area contributed by atoms with Gasteiger partial charge in [0, 0.05) is 12.7 Å². The van der Waals surface area contributed by atoms with Crippen molar-refractivity contribution in [1.29, 1.82) is 0 Å². The van der Waals surface area contributed by atoms with Gasteiger partial charge in [0.1, 0.15) is 5.04 Å². The lowest BCUT2D eigenvalue weighted by Crippen LogP contribution is -2.30. The van der Waals surface area contributed by atoms with Crippen molar-refractivity contribution in [2.45, 2.75) is 0 Å². The van der Waals surface area contributed by atoms with E-state index < -0.39 is 0 Å². The number of thiazole rings is 1. The molecule has 1 aliphatic rings. The zero-order chi connectivity index (χ0) is 25.0. The number of nitrogens with zero attached hydrogens (tertiary/aromatic N) is 6. The number of anilines is 1. The maximum atomic E-state index is 5.02.